The van der Waals surface area contributed by atoms with Gasteiger partial charge in [0.2, 0.25) is 0 Å². The van der Waals surface area contributed by atoms with Crippen molar-refractivity contribution in [3.05, 3.63) is 11.4 Å². The molecule has 0 radical (unpaired) electrons. The lowest BCUT2D eigenvalue weighted by Gasteiger charge is -2.02. The van der Waals surface area contributed by atoms with E-state index in [2.05, 4.69) is 15.3 Å². The molecule has 0 aromatic rings. The molecule has 0 heterocycles. The Morgan fingerprint density at radius 3 is 2.40 bits per heavy atom. The number of hydrogen-bond acceptors (Lipinski definition) is 4. The number of nitriles is 2. The van der Waals surface area contributed by atoms with E-state index < -0.39 is 0 Å². The highest BCUT2D eigenvalue weighted by atomic mass is 15.1. The summed E-state index contributed by atoms with van der Waals surface area (Å²) in [4.78, 5) is 9.15. The summed E-state index contributed by atoms with van der Waals surface area (Å²) in [5.41, 5.74) is 0.0901. The van der Waals surface area contributed by atoms with Crippen LogP contribution < -0.4 is 5.32 Å². The number of hydrogen-bond donors (Lipinski definition) is 1. The fourth-order valence-electron chi connectivity index (χ4n) is 0.605. The number of rotatable bonds is 4. The molecule has 0 aliphatic heterocycles. The second kappa shape index (κ2) is 7.10. The first-order chi connectivity index (χ1) is 7.15. The highest BCUT2D eigenvalue weighted by Crippen LogP contribution is 1.99. The average molecular weight is 204 g/mol. The summed E-state index contributed by atoms with van der Waals surface area (Å²) in [5.74, 6) is 0. The van der Waals surface area contributed by atoms with E-state index >= 15 is 0 Å². The quantitative estimate of drug-likeness (QED) is 0.399. The van der Waals surface area contributed by atoms with Gasteiger partial charge in [-0.05, 0) is 0 Å². The molecular formula is C9H12N6. The molecule has 0 fully saturated rings. The first kappa shape index (κ1) is 12.7. The summed E-state index contributed by atoms with van der Waals surface area (Å²) in [6.45, 7) is 0. The summed E-state index contributed by atoms with van der Waals surface area (Å²) in [6, 6.07) is 3.66. The van der Waals surface area contributed by atoms with Gasteiger partial charge in [0.05, 0.1) is 12.7 Å². The van der Waals surface area contributed by atoms with Gasteiger partial charge in [-0.1, -0.05) is 0 Å². The first-order valence-corrected chi connectivity index (χ1v) is 4.08. The predicted octanol–water partition coefficient (Wildman–Crippen LogP) is 0.0828. The molecule has 0 saturated carbocycles. The third-order valence-electron chi connectivity index (χ3n) is 1.21. The first-order valence-electron chi connectivity index (χ1n) is 4.08. The zero-order chi connectivity index (χ0) is 11.7. The molecule has 0 bridgehead atoms. The SMILES string of the molecule is CN=CN/C(C#N)=C(/C#N)N=CN(C)C. The minimum absolute atomic E-state index is 0.0195. The van der Waals surface area contributed by atoms with Crippen molar-refractivity contribution in [1.82, 2.24) is 10.2 Å². The number of aliphatic imine (C=N–C) groups is 2. The maximum atomic E-state index is 8.76. The van der Waals surface area contributed by atoms with E-state index in [9.17, 15) is 0 Å². The summed E-state index contributed by atoms with van der Waals surface area (Å²) < 4.78 is 0. The van der Waals surface area contributed by atoms with Crippen molar-refractivity contribution in [2.24, 2.45) is 9.98 Å². The van der Waals surface area contributed by atoms with Gasteiger partial charge in [0.15, 0.2) is 11.4 Å². The second-order valence-electron chi connectivity index (χ2n) is 2.69. The lowest BCUT2D eigenvalue weighted by molar-refractivity contribution is 0.642. The van der Waals surface area contributed by atoms with Crippen LogP contribution in [0.15, 0.2) is 21.4 Å². The highest BCUT2D eigenvalue weighted by molar-refractivity contribution is 5.62. The summed E-state index contributed by atoms with van der Waals surface area (Å²) in [6.07, 6.45) is 2.77. The molecule has 0 aromatic carbocycles. The van der Waals surface area contributed by atoms with E-state index in [0.717, 1.165) is 0 Å². The molecule has 0 aliphatic rings. The van der Waals surface area contributed by atoms with Gasteiger partial charge < -0.3 is 10.2 Å². The minimum Gasteiger partial charge on any atom is -0.369 e. The average Bonchev–Trinajstić information content (AvgIpc) is 2.22. The van der Waals surface area contributed by atoms with Gasteiger partial charge >= 0.3 is 0 Å². The Balaban J connectivity index is 4.95. The Morgan fingerprint density at radius 1 is 1.33 bits per heavy atom. The molecule has 1 N–H and O–H groups in total. The Bertz CT molecular complexity index is 363. The molecule has 78 valence electrons. The van der Waals surface area contributed by atoms with E-state index in [1.807, 2.05) is 12.1 Å². The summed E-state index contributed by atoms with van der Waals surface area (Å²) in [7, 11) is 5.09. The van der Waals surface area contributed by atoms with E-state index in [0.29, 0.717) is 0 Å². The third-order valence-corrected chi connectivity index (χ3v) is 1.21. The Hall–Kier alpha value is -2.34. The molecule has 15 heavy (non-hydrogen) atoms. The van der Waals surface area contributed by atoms with Crippen LogP contribution in [0.2, 0.25) is 0 Å². The molecule has 0 aliphatic carbocycles. The van der Waals surface area contributed by atoms with E-state index in [1.54, 1.807) is 26.0 Å². The van der Waals surface area contributed by atoms with E-state index in [4.69, 9.17) is 10.5 Å². The van der Waals surface area contributed by atoms with Crippen molar-refractivity contribution in [2.75, 3.05) is 21.1 Å². The van der Waals surface area contributed by atoms with Crippen LogP contribution in [0.4, 0.5) is 0 Å². The fraction of sp³-hybridized carbons (Fsp3) is 0.333. The highest BCUT2D eigenvalue weighted by Gasteiger charge is 2.02. The van der Waals surface area contributed by atoms with Crippen LogP contribution >= 0.6 is 0 Å². The van der Waals surface area contributed by atoms with Gasteiger partial charge in [0, 0.05) is 21.1 Å². The van der Waals surface area contributed by atoms with Crippen LogP contribution in [-0.4, -0.2) is 38.7 Å². The van der Waals surface area contributed by atoms with Gasteiger partial charge in [-0.15, -0.1) is 0 Å². The van der Waals surface area contributed by atoms with Gasteiger partial charge in [0.25, 0.3) is 0 Å². The van der Waals surface area contributed by atoms with Crippen LogP contribution in [0.3, 0.4) is 0 Å². The molecule has 0 aromatic heterocycles. The topological polar surface area (TPSA) is 87.6 Å². The molecule has 0 atom stereocenters. The van der Waals surface area contributed by atoms with Crippen molar-refractivity contribution >= 4 is 12.7 Å². The zero-order valence-corrected chi connectivity index (χ0v) is 8.89. The standard InChI is InChI=1S/C9H12N6/c1-12-6-13-8(4-10)9(5-11)14-7-15(2)3/h6-7H,1-3H3,(H,12,13)/b9-8-,14-7?. The monoisotopic (exact) mass is 204 g/mol. The molecular weight excluding hydrogens is 192 g/mol. The van der Waals surface area contributed by atoms with Crippen molar-refractivity contribution in [1.29, 1.82) is 10.5 Å². The van der Waals surface area contributed by atoms with Gasteiger partial charge in [-0.25, -0.2) is 4.99 Å². The lowest BCUT2D eigenvalue weighted by atomic mass is 10.3. The van der Waals surface area contributed by atoms with Crippen LogP contribution in [-0.2, 0) is 0 Å². The molecule has 6 nitrogen and oxygen atoms in total. The van der Waals surface area contributed by atoms with Crippen molar-refractivity contribution in [3.63, 3.8) is 0 Å². The second-order valence-corrected chi connectivity index (χ2v) is 2.69. The van der Waals surface area contributed by atoms with Gasteiger partial charge in [0.1, 0.15) is 12.1 Å². The third kappa shape index (κ3) is 5.06. The lowest BCUT2D eigenvalue weighted by Crippen LogP contribution is -2.12. The molecule has 0 spiro atoms. The zero-order valence-electron chi connectivity index (χ0n) is 8.89. The molecule has 6 heteroatoms. The summed E-state index contributed by atoms with van der Waals surface area (Å²) in [5, 5.41) is 20.1. The Labute approximate surface area is 88.9 Å². The number of allylic oxidation sites excluding steroid dienone is 2. The Kier molecular flexibility index (Phi) is 5.99. The predicted molar refractivity (Wildman–Crippen MR) is 58.0 cm³/mol. The fourth-order valence-corrected chi connectivity index (χ4v) is 0.605. The maximum absolute atomic E-state index is 8.76. The van der Waals surface area contributed by atoms with Crippen molar-refractivity contribution in [3.8, 4) is 12.1 Å². The van der Waals surface area contributed by atoms with Crippen LogP contribution in [0, 0.1) is 22.7 Å². The van der Waals surface area contributed by atoms with Gasteiger partial charge in [-0.2, -0.15) is 10.5 Å². The Morgan fingerprint density at radius 2 is 2.00 bits per heavy atom. The minimum atomic E-state index is 0.0195. The number of nitrogens with one attached hydrogen (secondary N) is 1. The van der Waals surface area contributed by atoms with E-state index in [-0.39, 0.29) is 11.4 Å². The largest absolute Gasteiger partial charge is 0.369 e. The molecule has 0 saturated heterocycles. The number of nitrogens with zero attached hydrogens (tertiary/aromatic N) is 5. The van der Waals surface area contributed by atoms with E-state index in [1.165, 1.54) is 12.7 Å². The van der Waals surface area contributed by atoms with Crippen LogP contribution in [0.1, 0.15) is 0 Å². The van der Waals surface area contributed by atoms with Crippen LogP contribution in [0.5, 0.6) is 0 Å². The van der Waals surface area contributed by atoms with Crippen LogP contribution in [0.25, 0.3) is 0 Å². The molecule has 0 amide bonds. The van der Waals surface area contributed by atoms with Gasteiger partial charge in [-0.3, -0.25) is 4.99 Å². The maximum Gasteiger partial charge on any atom is 0.176 e. The van der Waals surface area contributed by atoms with Crippen molar-refractivity contribution in [2.45, 2.75) is 0 Å². The van der Waals surface area contributed by atoms with Crippen molar-refractivity contribution < 1.29 is 0 Å². The smallest absolute Gasteiger partial charge is 0.176 e. The normalized spacial score (nSPS) is 12.1. The molecule has 0 rings (SSSR count). The summed E-state index contributed by atoms with van der Waals surface area (Å²) >= 11 is 0. The molecule has 0 unspecified atom stereocenters.